The summed E-state index contributed by atoms with van der Waals surface area (Å²) < 4.78 is 67.2. The highest BCUT2D eigenvalue weighted by molar-refractivity contribution is 7.38. The minimum Gasteiger partial charge on any atom is -0.495 e. The second-order valence-corrected chi connectivity index (χ2v) is 10.6. The van der Waals surface area contributed by atoms with Gasteiger partial charge in [0.2, 0.25) is 5.95 Å². The van der Waals surface area contributed by atoms with Gasteiger partial charge in [0.05, 0.1) is 44.1 Å². The normalized spacial score (nSPS) is 15.5. The number of amides is 1. The van der Waals surface area contributed by atoms with Crippen molar-refractivity contribution in [2.24, 2.45) is 0 Å². The van der Waals surface area contributed by atoms with Crippen LogP contribution in [0.25, 0.3) is 11.3 Å². The number of benzene rings is 1. The van der Waals surface area contributed by atoms with Crippen molar-refractivity contribution in [2.75, 3.05) is 31.5 Å². The lowest BCUT2D eigenvalue weighted by atomic mass is 10.2. The smallest absolute Gasteiger partial charge is 0.421 e. The number of aromatic nitrogens is 5. The Morgan fingerprint density at radius 2 is 1.93 bits per heavy atom. The SMILES string of the molecule is CONC(=O)c1nc2ccc1Nc1nc(ncc1C(F)(F)F)Nc1ccc(cc1OC)C[PH](=O)OCCCn1cc-2cn1. The molecule has 0 fully saturated rings. The zero-order valence-electron chi connectivity index (χ0n) is 22.9. The number of methoxy groups -OCH3 is 1. The summed E-state index contributed by atoms with van der Waals surface area (Å²) in [4.78, 5) is 29.9. The van der Waals surface area contributed by atoms with Gasteiger partial charge in [-0.25, -0.2) is 15.4 Å². The number of hydrogen-bond donors (Lipinski definition) is 3. The summed E-state index contributed by atoms with van der Waals surface area (Å²) in [5.41, 5.74) is 2.55. The number of nitrogens with zero attached hydrogens (tertiary/aromatic N) is 5. The molecule has 0 aliphatic carbocycles. The van der Waals surface area contributed by atoms with Crippen LogP contribution in [0.1, 0.15) is 28.0 Å². The maximum absolute atomic E-state index is 14.0. The monoisotopic (exact) mass is 618 g/mol. The number of hydrogen-bond acceptors (Lipinski definition) is 11. The van der Waals surface area contributed by atoms with E-state index >= 15 is 0 Å². The van der Waals surface area contributed by atoms with E-state index < -0.39 is 31.5 Å². The van der Waals surface area contributed by atoms with Crippen molar-refractivity contribution >= 4 is 37.1 Å². The predicted molar refractivity (Wildman–Crippen MR) is 150 cm³/mol. The van der Waals surface area contributed by atoms with Crippen LogP contribution >= 0.6 is 8.03 Å². The Balaban J connectivity index is 1.61. The lowest BCUT2D eigenvalue weighted by Gasteiger charge is -2.17. The fraction of sp³-hybridized carbons (Fsp3) is 0.269. The molecule has 226 valence electrons. The molecule has 0 radical (unpaired) electrons. The average Bonchev–Trinajstić information content (AvgIpc) is 3.44. The Labute approximate surface area is 243 Å². The maximum Gasteiger partial charge on any atom is 0.421 e. The van der Waals surface area contributed by atoms with Crippen molar-refractivity contribution in [2.45, 2.75) is 25.3 Å². The highest BCUT2D eigenvalue weighted by Gasteiger charge is 2.36. The zero-order chi connectivity index (χ0) is 30.6. The van der Waals surface area contributed by atoms with E-state index in [0.717, 1.165) is 0 Å². The van der Waals surface area contributed by atoms with Crippen LogP contribution in [-0.4, -0.2) is 51.5 Å². The number of carbonyl (C=O) groups is 1. The third-order valence-electron chi connectivity index (χ3n) is 6.24. The molecule has 3 aromatic heterocycles. The summed E-state index contributed by atoms with van der Waals surface area (Å²) in [6.45, 7) is 0.702. The summed E-state index contributed by atoms with van der Waals surface area (Å²) in [5, 5.41) is 9.75. The van der Waals surface area contributed by atoms with Crippen LogP contribution in [0, 0.1) is 0 Å². The minimum absolute atomic E-state index is 0.0720. The van der Waals surface area contributed by atoms with Crippen LogP contribution < -0.4 is 20.9 Å². The van der Waals surface area contributed by atoms with Crippen molar-refractivity contribution in [3.05, 3.63) is 65.7 Å². The summed E-state index contributed by atoms with van der Waals surface area (Å²) in [6.07, 6.45) is -0.291. The van der Waals surface area contributed by atoms with Crippen LogP contribution in [0.4, 0.5) is 36.3 Å². The number of ether oxygens (including phenoxy) is 1. The number of halogens is 3. The topological polar surface area (TPSA) is 154 Å². The molecule has 4 aliphatic rings. The first kappa shape index (κ1) is 29.9. The second kappa shape index (κ2) is 12.8. The lowest BCUT2D eigenvalue weighted by molar-refractivity contribution is -0.137. The molecule has 13 nitrogen and oxygen atoms in total. The summed E-state index contributed by atoms with van der Waals surface area (Å²) in [6, 6.07) is 7.86. The fourth-order valence-electron chi connectivity index (χ4n) is 4.22. The highest BCUT2D eigenvalue weighted by Crippen LogP contribution is 2.37. The fourth-order valence-corrected chi connectivity index (χ4v) is 5.25. The van der Waals surface area contributed by atoms with Gasteiger partial charge in [0, 0.05) is 30.7 Å². The Kier molecular flexibility index (Phi) is 8.89. The summed E-state index contributed by atoms with van der Waals surface area (Å²) >= 11 is 0. The Hall–Kier alpha value is -4.53. The standard InChI is InChI=1S/C26H26F3N8O5P/c1-40-21-10-15-4-5-19(21)34-25-30-12-17(26(27,28)29)23(35-25)33-20-7-6-18(32-22(20)24(38)36-41-2)16-11-31-37(13-16)8-3-9-42-43(39)14-15/h4-7,10-13,43H,3,8-9,14H2,1-2H3,(H,36,38)(H2,30,33,34,35). The molecule has 4 aromatic rings. The molecule has 7 heterocycles. The van der Waals surface area contributed by atoms with Crippen molar-refractivity contribution < 1.29 is 36.6 Å². The number of pyridine rings is 1. The van der Waals surface area contributed by atoms with Crippen molar-refractivity contribution in [3.63, 3.8) is 0 Å². The van der Waals surface area contributed by atoms with Gasteiger partial charge >= 0.3 is 6.18 Å². The molecule has 0 spiro atoms. The molecule has 1 amide bonds. The molecule has 1 atom stereocenters. The van der Waals surface area contributed by atoms with Crippen LogP contribution in [0.3, 0.4) is 0 Å². The zero-order valence-corrected chi connectivity index (χ0v) is 23.9. The molecule has 1 aromatic carbocycles. The number of aryl methyl sites for hydroxylation is 1. The molecular weight excluding hydrogens is 592 g/mol. The molecule has 3 N–H and O–H groups in total. The Bertz CT molecular complexity index is 1670. The van der Waals surface area contributed by atoms with E-state index in [-0.39, 0.29) is 30.1 Å². The first-order valence-electron chi connectivity index (χ1n) is 12.8. The molecule has 8 rings (SSSR count). The van der Waals surface area contributed by atoms with E-state index in [1.54, 1.807) is 29.1 Å². The number of nitrogens with one attached hydrogen (secondary N) is 3. The van der Waals surface area contributed by atoms with E-state index in [2.05, 4.69) is 36.2 Å². The van der Waals surface area contributed by atoms with Crippen molar-refractivity contribution in [3.8, 4) is 17.0 Å². The van der Waals surface area contributed by atoms with Crippen LogP contribution in [0.15, 0.2) is 48.9 Å². The molecule has 1 unspecified atom stereocenters. The van der Waals surface area contributed by atoms with E-state index in [9.17, 15) is 22.5 Å². The largest absolute Gasteiger partial charge is 0.495 e. The van der Waals surface area contributed by atoms with Crippen molar-refractivity contribution in [1.82, 2.24) is 30.2 Å². The van der Waals surface area contributed by atoms with E-state index in [1.807, 2.05) is 0 Å². The van der Waals surface area contributed by atoms with Gasteiger partial charge in [-0.15, -0.1) is 0 Å². The molecule has 0 saturated carbocycles. The van der Waals surface area contributed by atoms with Crippen LogP contribution in [-0.2, 0) is 32.8 Å². The third-order valence-corrected chi connectivity index (χ3v) is 7.46. The highest BCUT2D eigenvalue weighted by atomic mass is 31.1. The molecule has 43 heavy (non-hydrogen) atoms. The van der Waals surface area contributed by atoms with Gasteiger partial charge in [-0.2, -0.15) is 23.3 Å². The van der Waals surface area contributed by atoms with Gasteiger partial charge in [-0.3, -0.25) is 18.9 Å². The maximum atomic E-state index is 14.0. The van der Waals surface area contributed by atoms with Crippen LogP contribution in [0.2, 0.25) is 0 Å². The molecule has 17 heteroatoms. The first-order valence-corrected chi connectivity index (χ1v) is 14.3. The van der Waals surface area contributed by atoms with E-state index in [1.165, 1.54) is 32.5 Å². The van der Waals surface area contributed by atoms with Gasteiger partial charge < -0.3 is 19.9 Å². The van der Waals surface area contributed by atoms with E-state index in [0.29, 0.717) is 47.4 Å². The van der Waals surface area contributed by atoms with Gasteiger partial charge in [0.15, 0.2) is 13.7 Å². The molecule has 0 saturated heterocycles. The number of alkyl halides is 3. The first-order chi connectivity index (χ1) is 20.6. The number of rotatable bonds is 3. The number of carbonyl (C=O) groups excluding carboxylic acids is 1. The number of anilines is 4. The van der Waals surface area contributed by atoms with Gasteiger partial charge in [-0.05, 0) is 36.2 Å². The van der Waals surface area contributed by atoms with Gasteiger partial charge in [-0.1, -0.05) is 6.07 Å². The third kappa shape index (κ3) is 7.10. The van der Waals surface area contributed by atoms with Crippen molar-refractivity contribution in [1.29, 1.82) is 0 Å². The number of hydroxylamine groups is 1. The summed E-state index contributed by atoms with van der Waals surface area (Å²) in [7, 11) is 0.210. The Morgan fingerprint density at radius 3 is 2.70 bits per heavy atom. The quantitative estimate of drug-likeness (QED) is 0.211. The molecule has 4 aliphatic heterocycles. The predicted octanol–water partition coefficient (Wildman–Crippen LogP) is 4.94. The molecular formula is C26H26F3N8O5P. The van der Waals surface area contributed by atoms with E-state index in [4.69, 9.17) is 14.1 Å². The van der Waals surface area contributed by atoms with Gasteiger partial charge in [0.1, 0.15) is 17.1 Å². The summed E-state index contributed by atoms with van der Waals surface area (Å²) in [5.74, 6) is -1.32. The Morgan fingerprint density at radius 1 is 1.12 bits per heavy atom. The van der Waals surface area contributed by atoms with Gasteiger partial charge in [0.25, 0.3) is 5.91 Å². The molecule has 8 bridgehead atoms. The average molecular weight is 619 g/mol. The second-order valence-electron chi connectivity index (χ2n) is 9.21. The minimum atomic E-state index is -4.83. The van der Waals surface area contributed by atoms with Crippen LogP contribution in [0.5, 0.6) is 5.75 Å². The lowest BCUT2D eigenvalue weighted by Crippen LogP contribution is -2.24.